The number of rotatable bonds is 9. The standard InChI is InChI=1S/C15H25NOS/c1-4-8-16-12-14-6-5-7-15(11-14)18-10-9-17-13(2)3/h5-7,11,13,16H,4,8-10,12H2,1-3H3. The Bertz CT molecular complexity index is 328. The Morgan fingerprint density at radius 3 is 2.89 bits per heavy atom. The second-order valence-corrected chi connectivity index (χ2v) is 5.76. The van der Waals surface area contributed by atoms with Crippen LogP contribution >= 0.6 is 11.8 Å². The van der Waals surface area contributed by atoms with Crippen molar-refractivity contribution in [1.29, 1.82) is 0 Å². The Morgan fingerprint density at radius 1 is 1.33 bits per heavy atom. The zero-order valence-corrected chi connectivity index (χ0v) is 12.6. The van der Waals surface area contributed by atoms with Crippen LogP contribution in [-0.4, -0.2) is 25.0 Å². The van der Waals surface area contributed by atoms with E-state index in [-0.39, 0.29) is 0 Å². The van der Waals surface area contributed by atoms with Gasteiger partial charge in [-0.1, -0.05) is 19.1 Å². The summed E-state index contributed by atoms with van der Waals surface area (Å²) >= 11 is 1.86. The molecular weight excluding hydrogens is 242 g/mol. The molecule has 0 unspecified atom stereocenters. The molecule has 0 radical (unpaired) electrons. The predicted molar refractivity (Wildman–Crippen MR) is 80.3 cm³/mol. The first-order chi connectivity index (χ1) is 8.72. The summed E-state index contributed by atoms with van der Waals surface area (Å²) in [6.07, 6.45) is 1.51. The summed E-state index contributed by atoms with van der Waals surface area (Å²) in [4.78, 5) is 1.33. The van der Waals surface area contributed by atoms with Crippen LogP contribution in [0.1, 0.15) is 32.8 Å². The molecule has 18 heavy (non-hydrogen) atoms. The number of ether oxygens (including phenoxy) is 1. The van der Waals surface area contributed by atoms with Gasteiger partial charge >= 0.3 is 0 Å². The smallest absolute Gasteiger partial charge is 0.0563 e. The number of hydrogen-bond acceptors (Lipinski definition) is 3. The lowest BCUT2D eigenvalue weighted by Crippen LogP contribution is -2.13. The van der Waals surface area contributed by atoms with Crippen molar-refractivity contribution in [3.05, 3.63) is 29.8 Å². The normalized spacial score (nSPS) is 11.1. The first kappa shape index (κ1) is 15.5. The van der Waals surface area contributed by atoms with Gasteiger partial charge in [0.2, 0.25) is 0 Å². The summed E-state index contributed by atoms with van der Waals surface area (Å²) < 4.78 is 5.54. The van der Waals surface area contributed by atoms with Gasteiger partial charge in [0, 0.05) is 17.2 Å². The van der Waals surface area contributed by atoms with Gasteiger partial charge in [0.1, 0.15) is 0 Å². The molecule has 0 amide bonds. The van der Waals surface area contributed by atoms with Gasteiger partial charge in [0.05, 0.1) is 12.7 Å². The van der Waals surface area contributed by atoms with E-state index in [4.69, 9.17) is 4.74 Å². The Balaban J connectivity index is 2.30. The van der Waals surface area contributed by atoms with Crippen molar-refractivity contribution in [3.8, 4) is 0 Å². The number of nitrogens with one attached hydrogen (secondary N) is 1. The molecule has 0 aliphatic rings. The molecule has 1 aromatic rings. The summed E-state index contributed by atoms with van der Waals surface area (Å²) in [7, 11) is 0. The molecule has 0 aliphatic heterocycles. The first-order valence-electron chi connectivity index (χ1n) is 6.76. The SMILES string of the molecule is CCCNCc1cccc(SCCOC(C)C)c1. The molecule has 1 N–H and O–H groups in total. The molecule has 1 rings (SSSR count). The third kappa shape index (κ3) is 7.04. The Morgan fingerprint density at radius 2 is 2.17 bits per heavy atom. The van der Waals surface area contributed by atoms with Crippen LogP contribution in [0.3, 0.4) is 0 Å². The Kier molecular flexibility index (Phi) is 8.14. The fourth-order valence-corrected chi connectivity index (χ4v) is 2.42. The quantitative estimate of drug-likeness (QED) is 0.544. The Labute approximate surface area is 116 Å². The van der Waals surface area contributed by atoms with Crippen LogP contribution in [0.15, 0.2) is 29.2 Å². The second-order valence-electron chi connectivity index (χ2n) is 4.59. The van der Waals surface area contributed by atoms with Crippen molar-refractivity contribution in [2.75, 3.05) is 18.9 Å². The van der Waals surface area contributed by atoms with E-state index in [1.54, 1.807) is 0 Å². The van der Waals surface area contributed by atoms with E-state index < -0.39 is 0 Å². The van der Waals surface area contributed by atoms with E-state index in [1.807, 2.05) is 11.8 Å². The maximum absolute atomic E-state index is 5.54. The molecule has 0 aromatic heterocycles. The number of hydrogen-bond donors (Lipinski definition) is 1. The van der Waals surface area contributed by atoms with Crippen LogP contribution in [0.2, 0.25) is 0 Å². The van der Waals surface area contributed by atoms with E-state index in [2.05, 4.69) is 50.4 Å². The lowest BCUT2D eigenvalue weighted by atomic mass is 10.2. The molecule has 1 aromatic carbocycles. The third-order valence-electron chi connectivity index (χ3n) is 2.46. The van der Waals surface area contributed by atoms with Crippen molar-refractivity contribution in [2.45, 2.75) is 44.7 Å². The van der Waals surface area contributed by atoms with Crippen LogP contribution in [0.5, 0.6) is 0 Å². The van der Waals surface area contributed by atoms with Crippen LogP contribution in [0.25, 0.3) is 0 Å². The van der Waals surface area contributed by atoms with E-state index >= 15 is 0 Å². The molecule has 2 nitrogen and oxygen atoms in total. The van der Waals surface area contributed by atoms with E-state index in [0.29, 0.717) is 6.10 Å². The fraction of sp³-hybridized carbons (Fsp3) is 0.600. The first-order valence-corrected chi connectivity index (χ1v) is 7.75. The average Bonchev–Trinajstić information content (AvgIpc) is 2.35. The molecule has 0 bridgehead atoms. The highest BCUT2D eigenvalue weighted by molar-refractivity contribution is 7.99. The van der Waals surface area contributed by atoms with Gasteiger partial charge in [-0.25, -0.2) is 0 Å². The highest BCUT2D eigenvalue weighted by atomic mass is 32.2. The lowest BCUT2D eigenvalue weighted by Gasteiger charge is -2.08. The zero-order chi connectivity index (χ0) is 13.2. The molecular formula is C15H25NOS. The number of thioether (sulfide) groups is 1. The van der Waals surface area contributed by atoms with E-state index in [0.717, 1.165) is 25.4 Å². The maximum atomic E-state index is 5.54. The summed E-state index contributed by atoms with van der Waals surface area (Å²) in [5, 5.41) is 3.43. The van der Waals surface area contributed by atoms with Crippen molar-refractivity contribution in [2.24, 2.45) is 0 Å². The van der Waals surface area contributed by atoms with Gasteiger partial charge in [-0.2, -0.15) is 0 Å². The third-order valence-corrected chi connectivity index (χ3v) is 3.42. The minimum atomic E-state index is 0.329. The molecule has 0 heterocycles. The lowest BCUT2D eigenvalue weighted by molar-refractivity contribution is 0.0920. The van der Waals surface area contributed by atoms with Gasteiger partial charge in [-0.3, -0.25) is 0 Å². The summed E-state index contributed by atoms with van der Waals surface area (Å²) in [6, 6.07) is 8.75. The van der Waals surface area contributed by atoms with Crippen molar-refractivity contribution >= 4 is 11.8 Å². The summed E-state index contributed by atoms with van der Waals surface area (Å²) in [5.41, 5.74) is 1.36. The van der Waals surface area contributed by atoms with Gasteiger partial charge in [0.25, 0.3) is 0 Å². The molecule has 102 valence electrons. The van der Waals surface area contributed by atoms with Gasteiger partial charge in [-0.05, 0) is 44.5 Å². The Hall–Kier alpha value is -0.510. The highest BCUT2D eigenvalue weighted by Crippen LogP contribution is 2.19. The molecule has 0 saturated carbocycles. The largest absolute Gasteiger partial charge is 0.378 e. The van der Waals surface area contributed by atoms with Crippen LogP contribution < -0.4 is 5.32 Å². The second kappa shape index (κ2) is 9.42. The number of benzene rings is 1. The summed E-state index contributed by atoms with van der Waals surface area (Å²) in [6.45, 7) is 9.20. The molecule has 0 atom stereocenters. The zero-order valence-electron chi connectivity index (χ0n) is 11.7. The molecule has 0 fully saturated rings. The van der Waals surface area contributed by atoms with E-state index in [9.17, 15) is 0 Å². The minimum Gasteiger partial charge on any atom is -0.378 e. The summed E-state index contributed by atoms with van der Waals surface area (Å²) in [5.74, 6) is 1.02. The molecule has 0 aliphatic carbocycles. The van der Waals surface area contributed by atoms with Crippen molar-refractivity contribution in [3.63, 3.8) is 0 Å². The van der Waals surface area contributed by atoms with Gasteiger partial charge in [0.15, 0.2) is 0 Å². The van der Waals surface area contributed by atoms with Gasteiger partial charge in [-0.15, -0.1) is 11.8 Å². The van der Waals surface area contributed by atoms with Crippen LogP contribution in [0.4, 0.5) is 0 Å². The molecule has 0 spiro atoms. The minimum absolute atomic E-state index is 0.329. The highest BCUT2D eigenvalue weighted by Gasteiger charge is 1.98. The average molecular weight is 267 g/mol. The van der Waals surface area contributed by atoms with Crippen molar-refractivity contribution in [1.82, 2.24) is 5.32 Å². The van der Waals surface area contributed by atoms with Crippen molar-refractivity contribution < 1.29 is 4.74 Å². The van der Waals surface area contributed by atoms with Crippen LogP contribution in [0, 0.1) is 0 Å². The van der Waals surface area contributed by atoms with E-state index in [1.165, 1.54) is 16.9 Å². The molecule has 0 saturated heterocycles. The predicted octanol–water partition coefficient (Wildman–Crippen LogP) is 3.70. The topological polar surface area (TPSA) is 21.3 Å². The fourth-order valence-electron chi connectivity index (χ4n) is 1.60. The monoisotopic (exact) mass is 267 g/mol. The maximum Gasteiger partial charge on any atom is 0.0563 e. The van der Waals surface area contributed by atoms with Gasteiger partial charge < -0.3 is 10.1 Å². The van der Waals surface area contributed by atoms with Crippen LogP contribution in [-0.2, 0) is 11.3 Å². The molecule has 3 heteroatoms.